The van der Waals surface area contributed by atoms with Gasteiger partial charge in [-0.15, -0.1) is 0 Å². The molecule has 2 saturated carbocycles. The topological polar surface area (TPSA) is 37.3 Å². The van der Waals surface area contributed by atoms with Crippen LogP contribution in [0.1, 0.15) is 112 Å². The zero-order valence-corrected chi connectivity index (χ0v) is 20.3. The van der Waals surface area contributed by atoms with Crippen LogP contribution in [-0.4, -0.2) is 17.5 Å². The SMILES string of the molecule is CC(C)CCC[C@@H](C)[C@H]1CC[C@H]2C3=C(CC[C@]12C)[C@@]1(C)CC[C@H](O)C[C@]1(C=O)CC3. The van der Waals surface area contributed by atoms with E-state index >= 15 is 0 Å². The molecule has 170 valence electrons. The Hall–Kier alpha value is -0.630. The molecular weight excluding hydrogens is 368 g/mol. The van der Waals surface area contributed by atoms with E-state index < -0.39 is 0 Å². The summed E-state index contributed by atoms with van der Waals surface area (Å²) >= 11 is 0. The van der Waals surface area contributed by atoms with Crippen LogP contribution < -0.4 is 0 Å². The van der Waals surface area contributed by atoms with E-state index in [4.69, 9.17) is 0 Å². The number of aliphatic hydroxyl groups excluding tert-OH is 1. The third-order valence-corrected chi connectivity index (χ3v) is 10.7. The average Bonchev–Trinajstić information content (AvgIpc) is 3.05. The summed E-state index contributed by atoms with van der Waals surface area (Å²) in [6.45, 7) is 12.2. The van der Waals surface area contributed by atoms with Crippen molar-refractivity contribution in [1.29, 1.82) is 0 Å². The van der Waals surface area contributed by atoms with Crippen molar-refractivity contribution in [2.75, 3.05) is 0 Å². The minimum atomic E-state index is -0.320. The predicted octanol–water partition coefficient (Wildman–Crippen LogP) is 7.10. The Balaban J connectivity index is 1.58. The maximum Gasteiger partial charge on any atom is 0.127 e. The van der Waals surface area contributed by atoms with Gasteiger partial charge in [-0.3, -0.25) is 0 Å². The summed E-state index contributed by atoms with van der Waals surface area (Å²) < 4.78 is 0. The standard InChI is InChI=1S/C28H46O2/c1-19(2)7-6-8-20(3)23-9-10-24-22-12-16-28(18-29)17-21(30)11-15-27(28,5)25(22)13-14-26(23,24)4/h18-21,23-24,30H,6-17H2,1-5H3/t20-,21+,23-,24+,26-,27-,28+/m1/s1. The van der Waals surface area contributed by atoms with Gasteiger partial charge in [-0.1, -0.05) is 65.0 Å². The second-order valence-electron chi connectivity index (χ2n) is 12.6. The Kier molecular flexibility index (Phi) is 6.06. The fourth-order valence-electron chi connectivity index (χ4n) is 8.78. The summed E-state index contributed by atoms with van der Waals surface area (Å²) in [7, 11) is 0. The number of hydrogen-bond donors (Lipinski definition) is 1. The Morgan fingerprint density at radius 3 is 2.50 bits per heavy atom. The molecule has 0 aliphatic heterocycles. The minimum Gasteiger partial charge on any atom is -0.393 e. The molecule has 0 radical (unpaired) electrons. The largest absolute Gasteiger partial charge is 0.393 e. The van der Waals surface area contributed by atoms with E-state index in [0.717, 1.165) is 49.4 Å². The summed E-state index contributed by atoms with van der Waals surface area (Å²) in [5.74, 6) is 3.26. The van der Waals surface area contributed by atoms with Gasteiger partial charge in [0.2, 0.25) is 0 Å². The number of aliphatic hydroxyl groups is 1. The molecule has 4 rings (SSSR count). The molecule has 7 atom stereocenters. The first-order valence-electron chi connectivity index (χ1n) is 13.0. The van der Waals surface area contributed by atoms with Crippen LogP contribution in [0, 0.1) is 39.9 Å². The molecule has 0 unspecified atom stereocenters. The third-order valence-electron chi connectivity index (χ3n) is 10.7. The lowest BCUT2D eigenvalue weighted by atomic mass is 9.45. The van der Waals surface area contributed by atoms with Crippen molar-refractivity contribution in [3.63, 3.8) is 0 Å². The highest BCUT2D eigenvalue weighted by molar-refractivity contribution is 5.65. The van der Waals surface area contributed by atoms with Crippen LogP contribution in [0.4, 0.5) is 0 Å². The quantitative estimate of drug-likeness (QED) is 0.372. The van der Waals surface area contributed by atoms with Gasteiger partial charge in [-0.05, 0) is 86.9 Å². The number of allylic oxidation sites excluding steroid dienone is 2. The molecule has 30 heavy (non-hydrogen) atoms. The third kappa shape index (κ3) is 3.35. The van der Waals surface area contributed by atoms with Crippen LogP contribution >= 0.6 is 0 Å². The molecule has 0 aromatic heterocycles. The number of fused-ring (bicyclic) bond motifs is 4. The van der Waals surface area contributed by atoms with Gasteiger partial charge < -0.3 is 9.90 Å². The van der Waals surface area contributed by atoms with Crippen molar-refractivity contribution < 1.29 is 9.90 Å². The zero-order valence-electron chi connectivity index (χ0n) is 20.3. The minimum absolute atomic E-state index is 0.0101. The maximum atomic E-state index is 12.4. The van der Waals surface area contributed by atoms with Crippen molar-refractivity contribution in [3.05, 3.63) is 11.1 Å². The summed E-state index contributed by atoms with van der Waals surface area (Å²) in [6, 6.07) is 0. The van der Waals surface area contributed by atoms with Gasteiger partial charge in [0.15, 0.2) is 0 Å². The summed E-state index contributed by atoms with van der Waals surface area (Å²) in [5.41, 5.74) is 3.55. The number of carbonyl (C=O) groups excluding carboxylic acids is 1. The molecule has 0 saturated heterocycles. The Labute approximate surface area is 185 Å². The van der Waals surface area contributed by atoms with Crippen molar-refractivity contribution in [2.24, 2.45) is 39.9 Å². The van der Waals surface area contributed by atoms with Crippen molar-refractivity contribution in [1.82, 2.24) is 0 Å². The van der Waals surface area contributed by atoms with E-state index in [2.05, 4.69) is 34.6 Å². The van der Waals surface area contributed by atoms with Gasteiger partial charge in [0.05, 0.1) is 6.10 Å². The summed E-state index contributed by atoms with van der Waals surface area (Å²) in [5, 5.41) is 10.4. The first-order chi connectivity index (χ1) is 14.2. The lowest BCUT2D eigenvalue weighted by Crippen LogP contribution is -2.53. The van der Waals surface area contributed by atoms with Gasteiger partial charge in [0.25, 0.3) is 0 Å². The molecule has 0 aromatic rings. The Morgan fingerprint density at radius 2 is 1.80 bits per heavy atom. The molecule has 0 amide bonds. The molecule has 4 aliphatic rings. The number of carbonyl (C=O) groups is 1. The average molecular weight is 415 g/mol. The van der Waals surface area contributed by atoms with E-state index in [1.165, 1.54) is 51.2 Å². The summed E-state index contributed by atoms with van der Waals surface area (Å²) in [6.07, 6.45) is 15.0. The van der Waals surface area contributed by atoms with E-state index in [0.29, 0.717) is 11.8 Å². The molecule has 2 heteroatoms. The van der Waals surface area contributed by atoms with E-state index in [1.807, 2.05) is 0 Å². The van der Waals surface area contributed by atoms with E-state index in [-0.39, 0.29) is 16.9 Å². The maximum absolute atomic E-state index is 12.4. The monoisotopic (exact) mass is 414 g/mol. The second kappa shape index (κ2) is 8.05. The highest BCUT2D eigenvalue weighted by atomic mass is 16.3. The fraction of sp³-hybridized carbons (Fsp3) is 0.893. The smallest absolute Gasteiger partial charge is 0.127 e. The van der Waals surface area contributed by atoms with Gasteiger partial charge >= 0.3 is 0 Å². The van der Waals surface area contributed by atoms with Gasteiger partial charge in [0, 0.05) is 10.8 Å². The van der Waals surface area contributed by atoms with Crippen LogP contribution in [0.5, 0.6) is 0 Å². The predicted molar refractivity (Wildman–Crippen MR) is 124 cm³/mol. The molecule has 0 spiro atoms. The molecule has 0 aromatic carbocycles. The second-order valence-corrected chi connectivity index (χ2v) is 12.6. The molecule has 0 heterocycles. The van der Waals surface area contributed by atoms with E-state index in [9.17, 15) is 9.90 Å². The van der Waals surface area contributed by atoms with Crippen molar-refractivity contribution in [2.45, 2.75) is 118 Å². The number of hydrogen-bond acceptors (Lipinski definition) is 2. The molecule has 4 aliphatic carbocycles. The highest BCUT2D eigenvalue weighted by Gasteiger charge is 2.60. The lowest BCUT2D eigenvalue weighted by Gasteiger charge is -2.59. The molecule has 2 nitrogen and oxygen atoms in total. The lowest BCUT2D eigenvalue weighted by molar-refractivity contribution is -0.132. The summed E-state index contributed by atoms with van der Waals surface area (Å²) in [4.78, 5) is 12.4. The molecular formula is C28H46O2. The first-order valence-corrected chi connectivity index (χ1v) is 13.0. The van der Waals surface area contributed by atoms with Crippen LogP contribution in [0.25, 0.3) is 0 Å². The van der Waals surface area contributed by atoms with Crippen LogP contribution in [0.3, 0.4) is 0 Å². The molecule has 1 N–H and O–H groups in total. The van der Waals surface area contributed by atoms with Crippen LogP contribution in [-0.2, 0) is 4.79 Å². The number of rotatable bonds is 6. The van der Waals surface area contributed by atoms with Gasteiger partial charge in [-0.2, -0.15) is 0 Å². The first kappa shape index (κ1) is 22.6. The number of aldehydes is 1. The van der Waals surface area contributed by atoms with Crippen LogP contribution in [0.2, 0.25) is 0 Å². The fourth-order valence-corrected chi connectivity index (χ4v) is 8.78. The van der Waals surface area contributed by atoms with Crippen molar-refractivity contribution in [3.8, 4) is 0 Å². The van der Waals surface area contributed by atoms with Gasteiger partial charge in [-0.25, -0.2) is 0 Å². The van der Waals surface area contributed by atoms with Crippen LogP contribution in [0.15, 0.2) is 11.1 Å². The Morgan fingerprint density at radius 1 is 1.03 bits per heavy atom. The normalized spacial score (nSPS) is 44.4. The zero-order chi connectivity index (χ0) is 21.7. The molecule has 2 fully saturated rings. The highest BCUT2D eigenvalue weighted by Crippen LogP contribution is 2.68. The molecule has 0 bridgehead atoms. The van der Waals surface area contributed by atoms with E-state index in [1.54, 1.807) is 11.1 Å². The van der Waals surface area contributed by atoms with Gasteiger partial charge in [0.1, 0.15) is 6.29 Å². The van der Waals surface area contributed by atoms with Crippen molar-refractivity contribution >= 4 is 6.29 Å². The Bertz CT molecular complexity index is 693.